The molecule has 1 aliphatic carbocycles. The smallest absolute Gasteiger partial charge is 0.244 e. The zero-order valence-corrected chi connectivity index (χ0v) is 9.56. The molecule has 1 heterocycles. The van der Waals surface area contributed by atoms with Crippen LogP contribution >= 0.6 is 22.9 Å². The largest absolute Gasteiger partial charge is 0.285 e. The van der Waals surface area contributed by atoms with Crippen LogP contribution in [-0.4, -0.2) is 11.6 Å². The molecule has 0 radical (unpaired) electrons. The highest BCUT2D eigenvalue weighted by Crippen LogP contribution is 2.37. The summed E-state index contributed by atoms with van der Waals surface area (Å²) in [6.07, 6.45) is 0. The average Bonchev–Trinajstić information content (AvgIpc) is 2.75. The second kappa shape index (κ2) is 3.27. The van der Waals surface area contributed by atoms with Crippen LogP contribution in [0.3, 0.4) is 0 Å². The van der Waals surface area contributed by atoms with Gasteiger partial charge in [-0.05, 0) is 35.2 Å². The van der Waals surface area contributed by atoms with Gasteiger partial charge in [0.15, 0.2) is 0 Å². The van der Waals surface area contributed by atoms with Gasteiger partial charge in [-0.15, -0.1) is 11.3 Å². The maximum atomic E-state index is 11.8. The molecule has 1 aromatic carbocycles. The van der Waals surface area contributed by atoms with Crippen LogP contribution in [0.25, 0.3) is 11.1 Å². The first-order chi connectivity index (χ1) is 7.68. The third-order valence-corrected chi connectivity index (χ3v) is 3.74. The van der Waals surface area contributed by atoms with E-state index in [1.165, 1.54) is 11.3 Å². The Bertz CT molecular complexity index is 628. The molecule has 1 aliphatic rings. The minimum atomic E-state index is -0.443. The molecule has 0 bridgehead atoms. The molecular weight excluding hydrogens is 244 g/mol. The number of carbonyl (C=O) groups excluding carboxylic acids is 2. The molecule has 4 heteroatoms. The number of Topliss-reactive ketones (excluding diaryl/α,β-unsaturated/α-hetero) is 2. The molecule has 0 fully saturated rings. The number of ketones is 2. The van der Waals surface area contributed by atoms with E-state index in [4.69, 9.17) is 11.6 Å². The van der Waals surface area contributed by atoms with Gasteiger partial charge >= 0.3 is 0 Å². The molecule has 0 amide bonds. The minimum absolute atomic E-state index is 0.417. The first-order valence-electron chi connectivity index (χ1n) is 4.65. The highest BCUT2D eigenvalue weighted by atomic mass is 35.5. The second-order valence-corrected chi connectivity index (χ2v) is 4.86. The Morgan fingerprint density at radius 3 is 2.56 bits per heavy atom. The summed E-state index contributed by atoms with van der Waals surface area (Å²) in [6.45, 7) is 0. The van der Waals surface area contributed by atoms with Gasteiger partial charge in [0.25, 0.3) is 0 Å². The van der Waals surface area contributed by atoms with Crippen LogP contribution < -0.4 is 0 Å². The molecule has 0 saturated carbocycles. The van der Waals surface area contributed by atoms with Crippen molar-refractivity contribution >= 4 is 34.5 Å². The van der Waals surface area contributed by atoms with Gasteiger partial charge in [0.1, 0.15) is 0 Å². The van der Waals surface area contributed by atoms with Gasteiger partial charge in [0.05, 0.1) is 4.88 Å². The van der Waals surface area contributed by atoms with E-state index >= 15 is 0 Å². The molecule has 16 heavy (non-hydrogen) atoms. The summed E-state index contributed by atoms with van der Waals surface area (Å²) >= 11 is 7.19. The van der Waals surface area contributed by atoms with Crippen molar-refractivity contribution in [2.45, 2.75) is 0 Å². The van der Waals surface area contributed by atoms with E-state index in [1.807, 2.05) is 11.4 Å². The van der Waals surface area contributed by atoms with Crippen molar-refractivity contribution in [3.63, 3.8) is 0 Å². The van der Waals surface area contributed by atoms with E-state index in [0.29, 0.717) is 15.5 Å². The summed E-state index contributed by atoms with van der Waals surface area (Å²) in [6, 6.07) is 6.81. The van der Waals surface area contributed by atoms with Gasteiger partial charge < -0.3 is 0 Å². The van der Waals surface area contributed by atoms with Crippen LogP contribution in [0.4, 0.5) is 0 Å². The Labute approximate surface area is 100 Å². The third-order valence-electron chi connectivity index (χ3n) is 2.59. The Morgan fingerprint density at radius 2 is 1.75 bits per heavy atom. The van der Waals surface area contributed by atoms with E-state index in [-0.39, 0.29) is 0 Å². The quantitative estimate of drug-likeness (QED) is 0.669. The average molecular weight is 249 g/mol. The summed E-state index contributed by atoms with van der Waals surface area (Å²) in [5, 5.41) is 2.38. The number of halogens is 1. The number of thiophene rings is 1. The summed E-state index contributed by atoms with van der Waals surface area (Å²) in [4.78, 5) is 24.1. The van der Waals surface area contributed by atoms with Gasteiger partial charge in [-0.1, -0.05) is 11.6 Å². The summed E-state index contributed by atoms with van der Waals surface area (Å²) in [7, 11) is 0. The van der Waals surface area contributed by atoms with Crippen molar-refractivity contribution in [2.24, 2.45) is 0 Å². The normalized spacial score (nSPS) is 13.6. The SMILES string of the molecule is O=C1C(=O)c2sccc2-c2cc(Cl)ccc21. The maximum absolute atomic E-state index is 11.8. The fourth-order valence-electron chi connectivity index (χ4n) is 1.86. The first kappa shape index (κ1) is 9.75. The lowest BCUT2D eigenvalue weighted by atomic mass is 9.89. The van der Waals surface area contributed by atoms with E-state index in [2.05, 4.69) is 0 Å². The first-order valence-corrected chi connectivity index (χ1v) is 5.90. The zero-order valence-electron chi connectivity index (χ0n) is 7.99. The number of hydrogen-bond acceptors (Lipinski definition) is 3. The Morgan fingerprint density at radius 1 is 0.938 bits per heavy atom. The molecule has 2 nitrogen and oxygen atoms in total. The topological polar surface area (TPSA) is 34.1 Å². The van der Waals surface area contributed by atoms with Crippen LogP contribution in [0.15, 0.2) is 29.6 Å². The number of hydrogen-bond donors (Lipinski definition) is 0. The van der Waals surface area contributed by atoms with Crippen molar-refractivity contribution in [1.82, 2.24) is 0 Å². The number of rotatable bonds is 0. The third kappa shape index (κ3) is 1.19. The van der Waals surface area contributed by atoms with E-state index in [9.17, 15) is 9.59 Å². The summed E-state index contributed by atoms with van der Waals surface area (Å²) in [5.41, 5.74) is 2.01. The van der Waals surface area contributed by atoms with Crippen molar-refractivity contribution < 1.29 is 9.59 Å². The molecule has 0 saturated heterocycles. The molecular formula is C12H5ClO2S. The fraction of sp³-hybridized carbons (Fsp3) is 0. The highest BCUT2D eigenvalue weighted by molar-refractivity contribution is 7.13. The molecule has 3 rings (SSSR count). The molecule has 0 spiro atoms. The van der Waals surface area contributed by atoms with Gasteiger partial charge in [-0.25, -0.2) is 0 Å². The van der Waals surface area contributed by atoms with Gasteiger partial charge in [-0.2, -0.15) is 0 Å². The lowest BCUT2D eigenvalue weighted by Gasteiger charge is -2.14. The van der Waals surface area contributed by atoms with Gasteiger partial charge in [-0.3, -0.25) is 9.59 Å². The molecule has 1 aromatic heterocycles. The molecule has 0 aliphatic heterocycles. The Hall–Kier alpha value is -1.45. The Balaban J connectivity index is 2.40. The lowest BCUT2D eigenvalue weighted by Crippen LogP contribution is -2.19. The maximum Gasteiger partial charge on any atom is 0.244 e. The predicted molar refractivity (Wildman–Crippen MR) is 63.4 cm³/mol. The van der Waals surface area contributed by atoms with Crippen molar-refractivity contribution in [1.29, 1.82) is 0 Å². The minimum Gasteiger partial charge on any atom is -0.285 e. The van der Waals surface area contributed by atoms with Gasteiger partial charge in [0, 0.05) is 16.1 Å². The lowest BCUT2D eigenvalue weighted by molar-refractivity contribution is 0.0818. The monoisotopic (exact) mass is 248 g/mol. The zero-order chi connectivity index (χ0) is 11.3. The van der Waals surface area contributed by atoms with Crippen LogP contribution in [0.2, 0.25) is 5.02 Å². The summed E-state index contributed by atoms with van der Waals surface area (Å²) < 4.78 is 0. The predicted octanol–water partition coefficient (Wildman–Crippen LogP) is 3.45. The van der Waals surface area contributed by atoms with Gasteiger partial charge in [0.2, 0.25) is 11.6 Å². The van der Waals surface area contributed by atoms with Crippen molar-refractivity contribution in [3.05, 3.63) is 45.1 Å². The summed E-state index contributed by atoms with van der Waals surface area (Å²) in [5.74, 6) is -0.860. The Kier molecular flexibility index (Phi) is 1.99. The number of fused-ring (bicyclic) bond motifs is 3. The van der Waals surface area contributed by atoms with Crippen LogP contribution in [-0.2, 0) is 0 Å². The van der Waals surface area contributed by atoms with Crippen LogP contribution in [0.1, 0.15) is 20.0 Å². The molecule has 2 aromatic rings. The van der Waals surface area contributed by atoms with E-state index < -0.39 is 11.6 Å². The van der Waals surface area contributed by atoms with Crippen LogP contribution in [0, 0.1) is 0 Å². The van der Waals surface area contributed by atoms with Crippen LogP contribution in [0.5, 0.6) is 0 Å². The standard InChI is InChI=1S/C12H5ClO2S/c13-6-1-2-7-9(5-6)8-3-4-16-12(8)11(15)10(7)14/h1-5H. The van der Waals surface area contributed by atoms with Crippen molar-refractivity contribution in [2.75, 3.05) is 0 Å². The van der Waals surface area contributed by atoms with E-state index in [1.54, 1.807) is 18.2 Å². The van der Waals surface area contributed by atoms with E-state index in [0.717, 1.165) is 11.1 Å². The number of benzene rings is 1. The molecule has 0 N–H and O–H groups in total. The number of carbonyl (C=O) groups is 2. The highest BCUT2D eigenvalue weighted by Gasteiger charge is 2.31. The molecule has 0 unspecified atom stereocenters. The fourth-order valence-corrected chi connectivity index (χ4v) is 2.88. The molecule has 0 atom stereocenters. The molecule has 78 valence electrons. The second-order valence-electron chi connectivity index (χ2n) is 3.51. The van der Waals surface area contributed by atoms with Crippen molar-refractivity contribution in [3.8, 4) is 11.1 Å².